The first-order valence-corrected chi connectivity index (χ1v) is 13.3. The van der Waals surface area contributed by atoms with Gasteiger partial charge in [-0.3, -0.25) is 9.59 Å². The maximum absolute atomic E-state index is 12.1. The van der Waals surface area contributed by atoms with Crippen LogP contribution < -0.4 is 15.2 Å². The monoisotopic (exact) mass is 563 g/mol. The third-order valence-corrected chi connectivity index (χ3v) is 4.93. The molecular formula is C32H37NO6S. The molecule has 1 aliphatic carbocycles. The van der Waals surface area contributed by atoms with Crippen molar-refractivity contribution in [2.45, 2.75) is 27.7 Å². The summed E-state index contributed by atoms with van der Waals surface area (Å²) < 4.78 is 26.4. The van der Waals surface area contributed by atoms with Gasteiger partial charge in [0.2, 0.25) is 0 Å². The number of benzene rings is 4. The molecule has 5 rings (SSSR count). The molecule has 0 radical (unpaired) electrons. The van der Waals surface area contributed by atoms with E-state index in [0.29, 0.717) is 22.3 Å². The number of ketones is 2. The van der Waals surface area contributed by atoms with E-state index in [0.717, 1.165) is 17.2 Å². The van der Waals surface area contributed by atoms with E-state index in [1.165, 1.54) is 0 Å². The number of nitrogens with two attached hydrogens (primary N) is 1. The number of hydrogen-bond donors (Lipinski definition) is 1. The zero-order chi connectivity index (χ0) is 30.3. The lowest BCUT2D eigenvalue weighted by atomic mass is 9.84. The molecule has 0 saturated carbocycles. The van der Waals surface area contributed by atoms with Gasteiger partial charge in [0.25, 0.3) is 0 Å². The molecule has 40 heavy (non-hydrogen) atoms. The van der Waals surface area contributed by atoms with Crippen LogP contribution >= 0.6 is 0 Å². The Balaban J connectivity index is 0.000000545. The second kappa shape index (κ2) is 21.4. The zero-order valence-electron chi connectivity index (χ0n) is 23.8. The van der Waals surface area contributed by atoms with Crippen molar-refractivity contribution in [1.82, 2.24) is 0 Å². The molecule has 4 aromatic carbocycles. The highest BCUT2D eigenvalue weighted by atomic mass is 32.1. The summed E-state index contributed by atoms with van der Waals surface area (Å²) in [5.74, 6) is 1.62. The molecule has 0 aliphatic heterocycles. The van der Waals surface area contributed by atoms with E-state index in [1.807, 2.05) is 70.2 Å². The Bertz CT molecular complexity index is 1210. The van der Waals surface area contributed by atoms with Gasteiger partial charge in [0.15, 0.2) is 11.6 Å². The van der Waals surface area contributed by atoms with Crippen molar-refractivity contribution in [2.24, 2.45) is 0 Å². The molecule has 4 aromatic rings. The quantitative estimate of drug-likeness (QED) is 0.235. The Morgan fingerprint density at radius 1 is 0.500 bits per heavy atom. The second-order valence-corrected chi connectivity index (χ2v) is 7.24. The lowest BCUT2D eigenvalue weighted by Gasteiger charge is -2.16. The smallest absolute Gasteiger partial charge is 0.335 e. The summed E-state index contributed by atoms with van der Waals surface area (Å²) in [6, 6.07) is 30.8. The van der Waals surface area contributed by atoms with Gasteiger partial charge in [0.1, 0.15) is 11.5 Å². The second-order valence-electron chi connectivity index (χ2n) is 7.11. The minimum absolute atomic E-state index is 0.0641. The zero-order valence-corrected chi connectivity index (χ0v) is 24.6. The van der Waals surface area contributed by atoms with Crippen LogP contribution in [0.5, 0.6) is 11.5 Å². The van der Waals surface area contributed by atoms with Gasteiger partial charge >= 0.3 is 11.6 Å². The summed E-state index contributed by atoms with van der Waals surface area (Å²) in [7, 11) is 3.29. The SMILES string of the molecule is CC.CC.COc1ccc(N)cc1.COc1ccccc1.O=C1c2ccccc2C(=O)c2ccccc21.O=S=O. The number of rotatable bonds is 2. The van der Waals surface area contributed by atoms with Gasteiger partial charge in [-0.15, -0.1) is 0 Å². The highest BCUT2D eigenvalue weighted by Crippen LogP contribution is 2.26. The van der Waals surface area contributed by atoms with Gasteiger partial charge in [0, 0.05) is 27.9 Å². The standard InChI is InChI=1S/C14H8O2.C7H9NO.C7H8O.2C2H6.O2S/c15-13-9-5-1-2-6-10(9)14(16)12-8-4-3-7-11(12)13;1-9-7-4-2-6(8)3-5-7;1-8-7-5-3-2-4-6-7;2*1-2;1-3-2/h1-8H;2-5H,8H2,1H3;2-6H,1H3;2*1-2H3;. The van der Waals surface area contributed by atoms with E-state index in [9.17, 15) is 9.59 Å². The molecule has 0 saturated heterocycles. The van der Waals surface area contributed by atoms with E-state index in [-0.39, 0.29) is 11.6 Å². The van der Waals surface area contributed by atoms with Crippen molar-refractivity contribution in [3.8, 4) is 11.5 Å². The van der Waals surface area contributed by atoms with Crippen molar-refractivity contribution >= 4 is 28.8 Å². The summed E-state index contributed by atoms with van der Waals surface area (Å²) >= 11 is -0.750. The van der Waals surface area contributed by atoms with Crippen LogP contribution in [0.4, 0.5) is 5.69 Å². The largest absolute Gasteiger partial charge is 0.497 e. The molecule has 0 bridgehead atoms. The van der Waals surface area contributed by atoms with Gasteiger partial charge in [0.05, 0.1) is 14.2 Å². The Kier molecular flexibility index (Phi) is 18.9. The van der Waals surface area contributed by atoms with Crippen LogP contribution in [0.25, 0.3) is 0 Å². The molecule has 0 heterocycles. The molecule has 8 heteroatoms. The Morgan fingerprint density at radius 3 is 1.05 bits per heavy atom. The van der Waals surface area contributed by atoms with Crippen LogP contribution in [0.1, 0.15) is 59.5 Å². The number of carbonyl (C=O) groups is 2. The number of anilines is 1. The first kappa shape index (κ1) is 35.4. The maximum Gasteiger partial charge on any atom is 0.335 e. The van der Waals surface area contributed by atoms with Crippen molar-refractivity contribution in [3.05, 3.63) is 125 Å². The summed E-state index contributed by atoms with van der Waals surface area (Å²) in [6.45, 7) is 8.00. The summed E-state index contributed by atoms with van der Waals surface area (Å²) in [4.78, 5) is 24.2. The fourth-order valence-electron chi connectivity index (χ4n) is 3.21. The van der Waals surface area contributed by atoms with Crippen molar-refractivity contribution in [3.63, 3.8) is 0 Å². The highest BCUT2D eigenvalue weighted by molar-refractivity contribution is 7.51. The predicted molar refractivity (Wildman–Crippen MR) is 162 cm³/mol. The number of para-hydroxylation sites is 1. The molecule has 212 valence electrons. The molecule has 0 atom stereocenters. The van der Waals surface area contributed by atoms with Crippen LogP contribution in [-0.4, -0.2) is 34.2 Å². The van der Waals surface area contributed by atoms with Crippen LogP contribution in [0.3, 0.4) is 0 Å². The van der Waals surface area contributed by atoms with Crippen LogP contribution in [0.2, 0.25) is 0 Å². The topological polar surface area (TPSA) is 113 Å². The normalized spacial score (nSPS) is 9.65. The molecule has 0 spiro atoms. The summed E-state index contributed by atoms with van der Waals surface area (Å²) in [5.41, 5.74) is 8.21. The fraction of sp³-hybridized carbons (Fsp3) is 0.188. The molecule has 0 aromatic heterocycles. The molecule has 0 unspecified atom stereocenters. The van der Waals surface area contributed by atoms with Gasteiger partial charge < -0.3 is 15.2 Å². The van der Waals surface area contributed by atoms with E-state index >= 15 is 0 Å². The minimum Gasteiger partial charge on any atom is -0.497 e. The van der Waals surface area contributed by atoms with Crippen LogP contribution in [-0.2, 0) is 11.6 Å². The molecule has 1 aliphatic rings. The Morgan fingerprint density at radius 2 is 0.775 bits per heavy atom. The average molecular weight is 564 g/mol. The summed E-state index contributed by atoms with van der Waals surface area (Å²) in [6.07, 6.45) is 0. The van der Waals surface area contributed by atoms with Crippen molar-refractivity contribution < 1.29 is 27.5 Å². The van der Waals surface area contributed by atoms with E-state index in [2.05, 4.69) is 0 Å². The van der Waals surface area contributed by atoms with Crippen molar-refractivity contribution in [1.29, 1.82) is 0 Å². The van der Waals surface area contributed by atoms with E-state index < -0.39 is 11.6 Å². The van der Waals surface area contributed by atoms with Crippen LogP contribution in [0, 0.1) is 0 Å². The lowest BCUT2D eigenvalue weighted by molar-refractivity contribution is 0.0979. The third-order valence-electron chi connectivity index (χ3n) is 4.93. The summed E-state index contributed by atoms with van der Waals surface area (Å²) in [5, 5.41) is 0. The number of nitrogen functional groups attached to an aromatic ring is 1. The first-order chi connectivity index (χ1) is 19.5. The lowest BCUT2D eigenvalue weighted by Crippen LogP contribution is -2.20. The van der Waals surface area contributed by atoms with E-state index in [1.54, 1.807) is 74.9 Å². The molecule has 2 N–H and O–H groups in total. The number of fused-ring (bicyclic) bond motifs is 2. The van der Waals surface area contributed by atoms with Gasteiger partial charge in [-0.05, 0) is 36.4 Å². The van der Waals surface area contributed by atoms with Crippen molar-refractivity contribution in [2.75, 3.05) is 20.0 Å². The van der Waals surface area contributed by atoms with E-state index in [4.69, 9.17) is 23.6 Å². The molecule has 7 nitrogen and oxygen atoms in total. The first-order valence-electron chi connectivity index (χ1n) is 12.6. The maximum atomic E-state index is 12.1. The number of methoxy groups -OCH3 is 2. The number of carbonyl (C=O) groups excluding carboxylic acids is 2. The molecular weight excluding hydrogens is 526 g/mol. The minimum atomic E-state index is -0.750. The number of ether oxygens (including phenoxy) is 2. The van der Waals surface area contributed by atoms with Gasteiger partial charge in [-0.25, -0.2) is 0 Å². The Labute approximate surface area is 240 Å². The third kappa shape index (κ3) is 11.4. The van der Waals surface area contributed by atoms with Gasteiger partial charge in [-0.2, -0.15) is 8.42 Å². The fourth-order valence-corrected chi connectivity index (χ4v) is 3.21. The Hall–Kier alpha value is -4.56. The molecule has 0 fully saturated rings. The molecule has 0 amide bonds. The predicted octanol–water partition coefficient (Wildman–Crippen LogP) is 6.82. The highest BCUT2D eigenvalue weighted by Gasteiger charge is 2.28. The van der Waals surface area contributed by atoms with Gasteiger partial charge in [-0.1, -0.05) is 94.4 Å². The number of hydrogen-bond acceptors (Lipinski definition) is 7. The van der Waals surface area contributed by atoms with Crippen LogP contribution in [0.15, 0.2) is 103 Å². The average Bonchev–Trinajstić information content (AvgIpc) is 3.03.